The molecule has 6 nitrogen and oxygen atoms in total. The molecule has 2 heterocycles. The van der Waals surface area contributed by atoms with Crippen LogP contribution >= 0.6 is 15.9 Å². The minimum absolute atomic E-state index is 0.607. The van der Waals surface area contributed by atoms with E-state index < -0.39 is 0 Å². The van der Waals surface area contributed by atoms with E-state index >= 15 is 0 Å². The monoisotopic (exact) mass is 269 g/mol. The largest absolute Gasteiger partial charge is 0.369 e. The van der Waals surface area contributed by atoms with Crippen molar-refractivity contribution in [3.05, 3.63) is 29.2 Å². The lowest BCUT2D eigenvalue weighted by atomic mass is 10.4. The Morgan fingerprint density at radius 2 is 2.20 bits per heavy atom. The highest BCUT2D eigenvalue weighted by Crippen LogP contribution is 2.09. The molecule has 0 aliphatic carbocycles. The minimum atomic E-state index is 0.607. The highest BCUT2D eigenvalue weighted by Gasteiger charge is 1.99. The Hall–Kier alpha value is -1.50. The van der Waals surface area contributed by atoms with Gasteiger partial charge in [-0.1, -0.05) is 5.16 Å². The molecule has 0 aliphatic heterocycles. The summed E-state index contributed by atoms with van der Waals surface area (Å²) in [7, 11) is 0. The summed E-state index contributed by atoms with van der Waals surface area (Å²) in [5.41, 5.74) is 0. The van der Waals surface area contributed by atoms with Crippen LogP contribution in [0.2, 0.25) is 0 Å². The zero-order chi connectivity index (χ0) is 10.5. The number of nitrogens with one attached hydrogen (secondary N) is 1. The summed E-state index contributed by atoms with van der Waals surface area (Å²) in [4.78, 5) is 11.9. The summed E-state index contributed by atoms with van der Waals surface area (Å²) < 4.78 is 5.60. The third kappa shape index (κ3) is 2.98. The van der Waals surface area contributed by atoms with Crippen LogP contribution in [0.15, 0.2) is 27.8 Å². The zero-order valence-corrected chi connectivity index (χ0v) is 9.31. The van der Waals surface area contributed by atoms with Gasteiger partial charge < -0.3 is 9.84 Å². The molecule has 0 unspecified atom stereocenters. The molecular weight excluding hydrogens is 262 g/mol. The van der Waals surface area contributed by atoms with Gasteiger partial charge in [-0.05, 0) is 15.9 Å². The molecule has 0 spiro atoms. The van der Waals surface area contributed by atoms with Gasteiger partial charge in [0.15, 0.2) is 6.33 Å². The van der Waals surface area contributed by atoms with Gasteiger partial charge in [-0.25, -0.2) is 9.97 Å². The van der Waals surface area contributed by atoms with Crippen LogP contribution in [0.25, 0.3) is 0 Å². The third-order valence-corrected chi connectivity index (χ3v) is 2.12. The predicted octanol–water partition coefficient (Wildman–Crippen LogP) is 1.28. The van der Waals surface area contributed by atoms with E-state index in [1.807, 2.05) is 0 Å². The zero-order valence-electron chi connectivity index (χ0n) is 7.72. The first kappa shape index (κ1) is 10.0. The maximum atomic E-state index is 4.85. The molecule has 1 N–H and O–H groups in total. The lowest BCUT2D eigenvalue weighted by Crippen LogP contribution is -2.06. The first-order valence-corrected chi connectivity index (χ1v) is 5.11. The van der Waals surface area contributed by atoms with Crippen molar-refractivity contribution in [3.8, 4) is 0 Å². The summed E-state index contributed by atoms with van der Waals surface area (Å²) in [5.74, 6) is 1.37. The van der Waals surface area contributed by atoms with E-state index in [1.165, 1.54) is 12.7 Å². The topological polar surface area (TPSA) is 76.7 Å². The van der Waals surface area contributed by atoms with E-state index in [4.69, 9.17) is 4.52 Å². The van der Waals surface area contributed by atoms with Crippen LogP contribution in [0, 0.1) is 0 Å². The van der Waals surface area contributed by atoms with Crippen molar-refractivity contribution >= 4 is 21.7 Å². The number of hydrogen-bond donors (Lipinski definition) is 1. The summed E-state index contributed by atoms with van der Waals surface area (Å²) in [6.07, 6.45) is 3.54. The highest BCUT2D eigenvalue weighted by molar-refractivity contribution is 9.10. The third-order valence-electron chi connectivity index (χ3n) is 1.69. The van der Waals surface area contributed by atoms with Crippen LogP contribution in [-0.4, -0.2) is 26.7 Å². The molecule has 2 rings (SSSR count). The minimum Gasteiger partial charge on any atom is -0.369 e. The molecule has 0 fully saturated rings. The maximum Gasteiger partial charge on any atom is 0.228 e. The Bertz CT molecular complexity index is 419. The number of anilines is 1. The molecule has 0 aliphatic rings. The SMILES string of the molecule is Brc1cc(NCCc2ncno2)ncn1. The maximum absolute atomic E-state index is 4.85. The summed E-state index contributed by atoms with van der Waals surface area (Å²) >= 11 is 3.26. The fourth-order valence-electron chi connectivity index (χ4n) is 1.03. The fourth-order valence-corrected chi connectivity index (χ4v) is 1.34. The van der Waals surface area contributed by atoms with Crippen LogP contribution in [0.5, 0.6) is 0 Å². The standard InChI is InChI=1S/C8H8BrN5O/c9-6-3-7(12-4-11-6)10-2-1-8-13-5-14-15-8/h3-5H,1-2H2,(H,10,11,12). The van der Waals surface area contributed by atoms with Gasteiger partial charge in [0.25, 0.3) is 0 Å². The van der Waals surface area contributed by atoms with Gasteiger partial charge in [0.2, 0.25) is 5.89 Å². The van der Waals surface area contributed by atoms with Crippen LogP contribution in [0.1, 0.15) is 5.89 Å². The second-order valence-electron chi connectivity index (χ2n) is 2.74. The molecule has 15 heavy (non-hydrogen) atoms. The predicted molar refractivity (Wildman–Crippen MR) is 56.2 cm³/mol. The summed E-state index contributed by atoms with van der Waals surface area (Å²) in [6, 6.07) is 1.80. The summed E-state index contributed by atoms with van der Waals surface area (Å²) in [6.45, 7) is 0.686. The average Bonchev–Trinajstić information content (AvgIpc) is 2.71. The first-order chi connectivity index (χ1) is 7.34. The molecule has 0 radical (unpaired) electrons. The Balaban J connectivity index is 1.83. The Morgan fingerprint density at radius 1 is 1.27 bits per heavy atom. The van der Waals surface area contributed by atoms with Crippen LogP contribution in [0.4, 0.5) is 5.82 Å². The van der Waals surface area contributed by atoms with Gasteiger partial charge in [0.1, 0.15) is 16.7 Å². The molecule has 0 saturated carbocycles. The fraction of sp³-hybridized carbons (Fsp3) is 0.250. The van der Waals surface area contributed by atoms with Crippen LogP contribution in [-0.2, 0) is 6.42 Å². The highest BCUT2D eigenvalue weighted by atomic mass is 79.9. The van der Waals surface area contributed by atoms with E-state index in [2.05, 4.69) is 41.4 Å². The molecule has 2 aromatic rings. The number of aromatic nitrogens is 4. The van der Waals surface area contributed by atoms with Crippen molar-refractivity contribution in [3.63, 3.8) is 0 Å². The first-order valence-electron chi connectivity index (χ1n) is 4.31. The van der Waals surface area contributed by atoms with E-state index in [0.29, 0.717) is 18.9 Å². The molecule has 0 atom stereocenters. The van der Waals surface area contributed by atoms with Crippen molar-refractivity contribution in [2.45, 2.75) is 6.42 Å². The quantitative estimate of drug-likeness (QED) is 0.843. The molecule has 2 aromatic heterocycles. The van der Waals surface area contributed by atoms with Crippen molar-refractivity contribution in [1.82, 2.24) is 20.1 Å². The lowest BCUT2D eigenvalue weighted by molar-refractivity contribution is 0.379. The molecule has 7 heteroatoms. The van der Waals surface area contributed by atoms with Crippen molar-refractivity contribution in [1.29, 1.82) is 0 Å². The molecule has 78 valence electrons. The lowest BCUT2D eigenvalue weighted by Gasteiger charge is -2.02. The van der Waals surface area contributed by atoms with Crippen LogP contribution in [0.3, 0.4) is 0 Å². The van der Waals surface area contributed by atoms with E-state index in [0.717, 1.165) is 10.4 Å². The Labute approximate surface area is 94.3 Å². The number of halogens is 1. The molecule has 0 amide bonds. The van der Waals surface area contributed by atoms with Gasteiger partial charge in [-0.15, -0.1) is 0 Å². The second-order valence-corrected chi connectivity index (χ2v) is 3.55. The van der Waals surface area contributed by atoms with Gasteiger partial charge in [-0.3, -0.25) is 0 Å². The second kappa shape index (κ2) is 4.83. The number of rotatable bonds is 4. The Morgan fingerprint density at radius 3 is 2.93 bits per heavy atom. The van der Waals surface area contributed by atoms with E-state index in [9.17, 15) is 0 Å². The smallest absolute Gasteiger partial charge is 0.228 e. The van der Waals surface area contributed by atoms with Gasteiger partial charge in [0.05, 0.1) is 0 Å². The van der Waals surface area contributed by atoms with Crippen molar-refractivity contribution in [2.75, 3.05) is 11.9 Å². The number of hydrogen-bond acceptors (Lipinski definition) is 6. The average molecular weight is 270 g/mol. The van der Waals surface area contributed by atoms with Gasteiger partial charge in [-0.2, -0.15) is 4.98 Å². The molecule has 0 aromatic carbocycles. The number of nitrogens with zero attached hydrogens (tertiary/aromatic N) is 4. The van der Waals surface area contributed by atoms with Crippen molar-refractivity contribution < 1.29 is 4.52 Å². The van der Waals surface area contributed by atoms with E-state index in [-0.39, 0.29) is 0 Å². The Kier molecular flexibility index (Phi) is 3.23. The van der Waals surface area contributed by atoms with Gasteiger partial charge in [0, 0.05) is 19.0 Å². The van der Waals surface area contributed by atoms with Crippen LogP contribution < -0.4 is 5.32 Å². The van der Waals surface area contributed by atoms with E-state index in [1.54, 1.807) is 6.07 Å². The molecule has 0 bridgehead atoms. The van der Waals surface area contributed by atoms with Gasteiger partial charge >= 0.3 is 0 Å². The summed E-state index contributed by atoms with van der Waals surface area (Å²) in [5, 5.41) is 6.63. The molecule has 0 saturated heterocycles. The normalized spacial score (nSPS) is 10.2. The molecular formula is C8H8BrN5O. The van der Waals surface area contributed by atoms with Crippen molar-refractivity contribution in [2.24, 2.45) is 0 Å².